The molecular weight excluding hydrogens is 200 g/mol. The summed E-state index contributed by atoms with van der Waals surface area (Å²) in [6, 6.07) is 6.71. The average molecular weight is 213 g/mol. The first-order valence-corrected chi connectivity index (χ1v) is 4.58. The highest BCUT2D eigenvalue weighted by molar-refractivity contribution is 5.33. The third kappa shape index (κ3) is 4.08. The topological polar surface area (TPSA) is 21.3 Å². The molecule has 0 unspecified atom stereocenters. The summed E-state index contributed by atoms with van der Waals surface area (Å²) in [7, 11) is 0. The molecule has 1 rings (SSSR count). The summed E-state index contributed by atoms with van der Waals surface area (Å²) in [5.74, 6) is 0.212. The summed E-state index contributed by atoms with van der Waals surface area (Å²) >= 11 is 0. The van der Waals surface area contributed by atoms with Crippen molar-refractivity contribution in [1.82, 2.24) is 5.32 Å². The zero-order valence-electron chi connectivity index (χ0n) is 8.25. The van der Waals surface area contributed by atoms with Crippen LogP contribution >= 0.6 is 0 Å². The maximum Gasteiger partial charge on any atom is 0.387 e. The number of hydrogen-bond donors (Lipinski definition) is 1. The van der Waals surface area contributed by atoms with E-state index in [0.717, 1.165) is 0 Å². The van der Waals surface area contributed by atoms with Crippen LogP contribution in [0.2, 0.25) is 0 Å². The number of benzene rings is 1. The molecule has 0 spiro atoms. The van der Waals surface area contributed by atoms with Crippen molar-refractivity contribution < 1.29 is 13.5 Å². The predicted molar refractivity (Wildman–Crippen MR) is 55.0 cm³/mol. The van der Waals surface area contributed by atoms with Crippen LogP contribution in [0.15, 0.2) is 36.9 Å². The molecule has 0 aliphatic heterocycles. The molecule has 1 aromatic carbocycles. The Labute approximate surface area is 87.6 Å². The monoisotopic (exact) mass is 213 g/mol. The molecule has 0 bridgehead atoms. The largest absolute Gasteiger partial charge is 0.434 e. The van der Waals surface area contributed by atoms with Crippen LogP contribution in [0.1, 0.15) is 5.56 Å². The van der Waals surface area contributed by atoms with Gasteiger partial charge in [0.2, 0.25) is 0 Å². The Morgan fingerprint density at radius 3 is 2.80 bits per heavy atom. The molecule has 2 nitrogen and oxygen atoms in total. The van der Waals surface area contributed by atoms with Gasteiger partial charge in [-0.1, -0.05) is 24.3 Å². The van der Waals surface area contributed by atoms with E-state index in [2.05, 4.69) is 16.6 Å². The second-order valence-electron chi connectivity index (χ2n) is 2.91. The van der Waals surface area contributed by atoms with Crippen LogP contribution in [-0.4, -0.2) is 13.2 Å². The quantitative estimate of drug-likeness (QED) is 0.579. The van der Waals surface area contributed by atoms with Gasteiger partial charge in [-0.15, -0.1) is 6.58 Å². The highest BCUT2D eigenvalue weighted by Crippen LogP contribution is 2.19. The van der Waals surface area contributed by atoms with Crippen LogP contribution in [-0.2, 0) is 6.54 Å². The van der Waals surface area contributed by atoms with Crippen LogP contribution < -0.4 is 10.1 Å². The lowest BCUT2D eigenvalue weighted by Gasteiger charge is -2.10. The summed E-state index contributed by atoms with van der Waals surface area (Å²) in [5.41, 5.74) is 0.708. The smallest absolute Gasteiger partial charge is 0.387 e. The normalized spacial score (nSPS) is 10.3. The Morgan fingerprint density at radius 2 is 2.13 bits per heavy atom. The van der Waals surface area contributed by atoms with E-state index in [1.54, 1.807) is 24.3 Å². The first kappa shape index (κ1) is 11.7. The molecule has 0 saturated carbocycles. The number of para-hydroxylation sites is 1. The zero-order chi connectivity index (χ0) is 11.1. The average Bonchev–Trinajstić information content (AvgIpc) is 2.20. The molecule has 0 aliphatic rings. The molecule has 0 aromatic heterocycles. The number of halogens is 2. The lowest BCUT2D eigenvalue weighted by molar-refractivity contribution is -0.0504. The van der Waals surface area contributed by atoms with Crippen molar-refractivity contribution in [2.45, 2.75) is 13.2 Å². The van der Waals surface area contributed by atoms with Gasteiger partial charge in [0.15, 0.2) is 0 Å². The molecular formula is C11H13F2NO. The van der Waals surface area contributed by atoms with E-state index in [9.17, 15) is 8.78 Å². The summed E-state index contributed by atoms with van der Waals surface area (Å²) in [5, 5.41) is 3.02. The molecule has 1 aromatic rings. The molecule has 15 heavy (non-hydrogen) atoms. The highest BCUT2D eigenvalue weighted by Gasteiger charge is 2.07. The van der Waals surface area contributed by atoms with Gasteiger partial charge in [-0.25, -0.2) is 0 Å². The lowest BCUT2D eigenvalue weighted by Crippen LogP contribution is -2.14. The number of nitrogens with one attached hydrogen (secondary N) is 1. The first-order chi connectivity index (χ1) is 7.24. The van der Waals surface area contributed by atoms with Crippen molar-refractivity contribution in [3.8, 4) is 5.75 Å². The van der Waals surface area contributed by atoms with E-state index >= 15 is 0 Å². The van der Waals surface area contributed by atoms with Crippen LogP contribution in [0.3, 0.4) is 0 Å². The Hall–Kier alpha value is -1.42. The molecule has 4 heteroatoms. The van der Waals surface area contributed by atoms with Gasteiger partial charge in [0, 0.05) is 18.7 Å². The fourth-order valence-electron chi connectivity index (χ4n) is 1.17. The molecule has 82 valence electrons. The number of rotatable bonds is 6. The Balaban J connectivity index is 2.63. The van der Waals surface area contributed by atoms with Gasteiger partial charge in [-0.3, -0.25) is 0 Å². The number of hydrogen-bond acceptors (Lipinski definition) is 2. The Kier molecular flexibility index (Phi) is 4.77. The molecule has 1 N–H and O–H groups in total. The summed E-state index contributed by atoms with van der Waals surface area (Å²) in [4.78, 5) is 0. The maximum atomic E-state index is 12.0. The van der Waals surface area contributed by atoms with Crippen LogP contribution in [0.4, 0.5) is 8.78 Å². The molecule has 0 aliphatic carbocycles. The molecule has 0 heterocycles. The van der Waals surface area contributed by atoms with Crippen LogP contribution in [0.25, 0.3) is 0 Å². The van der Waals surface area contributed by atoms with Gasteiger partial charge in [-0.05, 0) is 6.07 Å². The van der Waals surface area contributed by atoms with Gasteiger partial charge in [0.1, 0.15) is 5.75 Å². The minimum absolute atomic E-state index is 0.212. The van der Waals surface area contributed by atoms with Gasteiger partial charge in [-0.2, -0.15) is 8.78 Å². The first-order valence-electron chi connectivity index (χ1n) is 4.58. The van der Waals surface area contributed by atoms with E-state index in [-0.39, 0.29) is 5.75 Å². The lowest BCUT2D eigenvalue weighted by atomic mass is 10.2. The van der Waals surface area contributed by atoms with Gasteiger partial charge >= 0.3 is 6.61 Å². The van der Waals surface area contributed by atoms with Crippen molar-refractivity contribution >= 4 is 0 Å². The van der Waals surface area contributed by atoms with Crippen molar-refractivity contribution in [2.24, 2.45) is 0 Å². The zero-order valence-corrected chi connectivity index (χ0v) is 8.25. The molecule has 0 amide bonds. The van der Waals surface area contributed by atoms with E-state index in [1.165, 1.54) is 6.07 Å². The van der Waals surface area contributed by atoms with Crippen molar-refractivity contribution in [2.75, 3.05) is 6.54 Å². The molecule has 0 radical (unpaired) electrons. The van der Waals surface area contributed by atoms with Crippen LogP contribution in [0.5, 0.6) is 5.75 Å². The summed E-state index contributed by atoms with van der Waals surface area (Å²) < 4.78 is 28.4. The second kappa shape index (κ2) is 6.14. The predicted octanol–water partition coefficient (Wildman–Crippen LogP) is 2.56. The number of ether oxygens (including phenoxy) is 1. The van der Waals surface area contributed by atoms with Gasteiger partial charge in [0.05, 0.1) is 0 Å². The second-order valence-corrected chi connectivity index (χ2v) is 2.91. The van der Waals surface area contributed by atoms with E-state index in [1.807, 2.05) is 0 Å². The van der Waals surface area contributed by atoms with E-state index in [4.69, 9.17) is 0 Å². The molecule has 0 atom stereocenters. The van der Waals surface area contributed by atoms with Crippen molar-refractivity contribution in [3.63, 3.8) is 0 Å². The van der Waals surface area contributed by atoms with Crippen molar-refractivity contribution in [3.05, 3.63) is 42.5 Å². The Bertz CT molecular complexity index is 315. The third-order valence-corrected chi connectivity index (χ3v) is 1.79. The minimum atomic E-state index is -2.79. The summed E-state index contributed by atoms with van der Waals surface area (Å²) in [6.07, 6.45) is 1.70. The minimum Gasteiger partial charge on any atom is -0.434 e. The fourth-order valence-corrected chi connectivity index (χ4v) is 1.17. The molecule has 0 saturated heterocycles. The third-order valence-electron chi connectivity index (χ3n) is 1.79. The number of alkyl halides is 2. The van der Waals surface area contributed by atoms with Gasteiger partial charge in [0.25, 0.3) is 0 Å². The van der Waals surface area contributed by atoms with Gasteiger partial charge < -0.3 is 10.1 Å². The fraction of sp³-hybridized carbons (Fsp3) is 0.273. The SMILES string of the molecule is C=CCNCc1ccccc1OC(F)F. The van der Waals surface area contributed by atoms with Crippen molar-refractivity contribution in [1.29, 1.82) is 0 Å². The van der Waals surface area contributed by atoms with E-state index in [0.29, 0.717) is 18.7 Å². The van der Waals surface area contributed by atoms with Crippen LogP contribution in [0, 0.1) is 0 Å². The summed E-state index contributed by atoms with van der Waals surface area (Å²) in [6.45, 7) is 1.87. The van der Waals surface area contributed by atoms with E-state index < -0.39 is 6.61 Å². The molecule has 0 fully saturated rings. The highest BCUT2D eigenvalue weighted by atomic mass is 19.3. The Morgan fingerprint density at radius 1 is 1.40 bits per heavy atom. The maximum absolute atomic E-state index is 12.0. The standard InChI is InChI=1S/C11H13F2NO/c1-2-7-14-8-9-5-3-4-6-10(9)15-11(12)13/h2-6,11,14H,1,7-8H2.